The standard InChI is InChI=1S/C22H20F4O2.C21H27N2.2ClH.Ru/c1-10(2)27-13-8-16-14(17(9-13)28-11(3)4)6-7-15(16)18-21(25)19(23)12(5)20(24)22(18)26;1-14-9-16(3)20(17(4)10-14)22-7-8-23(13-22)21-18(5)11-15(2)12-19(21)6;;;/h7-11H,1-5H3;9-13H,7-8H2,1-6H3;2*1H;/q;+1;;;+2/p-2. The Morgan fingerprint density at radius 3 is 1.70 bits per heavy atom. The van der Waals surface area contributed by atoms with Gasteiger partial charge in [-0.15, -0.1) is 0 Å². The molecule has 0 saturated heterocycles. The predicted molar refractivity (Wildman–Crippen MR) is 211 cm³/mol. The number of hydrogen-bond acceptors (Lipinski definition) is 3. The van der Waals surface area contributed by atoms with Crippen molar-refractivity contribution in [3.63, 3.8) is 0 Å². The van der Waals surface area contributed by atoms with Crippen LogP contribution in [0.3, 0.4) is 0 Å². The molecule has 4 aromatic rings. The van der Waals surface area contributed by atoms with Crippen LogP contribution in [0.4, 0.5) is 28.9 Å². The Morgan fingerprint density at radius 1 is 0.685 bits per heavy atom. The number of fused-ring (bicyclic) bond motifs is 1. The number of ether oxygens (including phenoxy) is 2. The normalized spacial score (nSPS) is 13.9. The van der Waals surface area contributed by atoms with E-state index in [0.717, 1.165) is 20.0 Å². The molecular formula is C43H47Cl2F4N2O2Ru+. The number of benzene rings is 4. The van der Waals surface area contributed by atoms with Crippen molar-refractivity contribution in [1.29, 1.82) is 0 Å². The molecule has 0 radical (unpaired) electrons. The van der Waals surface area contributed by atoms with E-state index in [4.69, 9.17) is 28.9 Å². The smallest absolute Gasteiger partial charge is 0.229 e. The van der Waals surface area contributed by atoms with Crippen molar-refractivity contribution in [2.75, 3.05) is 18.0 Å². The van der Waals surface area contributed by atoms with E-state index in [0.29, 0.717) is 21.2 Å². The molecule has 0 bridgehead atoms. The Balaban J connectivity index is 0.000000217. The SMILES string of the molecule is Cc1c(F)c(F)c(C2=C[C](=[Ru]([Cl])[Cl])c3c(OC(C)C)cc(OC(C)C)cc32)c(F)c1F.Cc1cc(C)c(N2C=[N+](c3c(C)cc(C)cc3C)CC2)c(C)c1. The largest absolute Gasteiger partial charge is 0.244 e. The van der Waals surface area contributed by atoms with Gasteiger partial charge in [0.05, 0.1) is 0 Å². The molecule has 0 N–H and O–H groups in total. The molecule has 0 amide bonds. The molecule has 1 aliphatic heterocycles. The van der Waals surface area contributed by atoms with Crippen molar-refractivity contribution in [1.82, 2.24) is 0 Å². The van der Waals surface area contributed by atoms with Gasteiger partial charge in [0, 0.05) is 0 Å². The van der Waals surface area contributed by atoms with Crippen LogP contribution in [0.15, 0.2) is 42.5 Å². The maximum atomic E-state index is 14.9. The topological polar surface area (TPSA) is 24.7 Å². The van der Waals surface area contributed by atoms with E-state index in [1.54, 1.807) is 12.1 Å². The molecule has 0 saturated carbocycles. The Morgan fingerprint density at radius 2 is 1.20 bits per heavy atom. The summed E-state index contributed by atoms with van der Waals surface area (Å²) in [6, 6.07) is 12.3. The van der Waals surface area contributed by atoms with E-state index in [2.05, 4.69) is 81.6 Å². The van der Waals surface area contributed by atoms with E-state index >= 15 is 0 Å². The first-order valence-corrected chi connectivity index (χ1v) is 23.1. The van der Waals surface area contributed by atoms with Gasteiger partial charge in [-0.2, -0.15) is 0 Å². The molecule has 1 aliphatic carbocycles. The summed E-state index contributed by atoms with van der Waals surface area (Å²) in [6.07, 6.45) is 3.23. The number of nitrogens with zero attached hydrogens (tertiary/aromatic N) is 2. The first kappa shape index (κ1) is 41.6. The van der Waals surface area contributed by atoms with Crippen LogP contribution in [0.5, 0.6) is 11.5 Å². The van der Waals surface area contributed by atoms with Crippen LogP contribution in [0.2, 0.25) is 0 Å². The molecule has 1 heterocycles. The number of allylic oxidation sites excluding steroid dienone is 1. The Hall–Kier alpha value is -3.52. The molecule has 6 rings (SSSR count). The molecule has 0 atom stereocenters. The van der Waals surface area contributed by atoms with Gasteiger partial charge >= 0.3 is 192 Å². The summed E-state index contributed by atoms with van der Waals surface area (Å²) in [4.78, 5) is 2.41. The summed E-state index contributed by atoms with van der Waals surface area (Å²) < 4.78 is 72.8. The molecule has 0 aromatic heterocycles. The zero-order chi connectivity index (χ0) is 39.9. The summed E-state index contributed by atoms with van der Waals surface area (Å²) in [5.41, 5.74) is 9.94. The second-order valence-electron chi connectivity index (χ2n) is 14.5. The van der Waals surface area contributed by atoms with Gasteiger partial charge in [-0.25, -0.2) is 9.48 Å². The summed E-state index contributed by atoms with van der Waals surface area (Å²) in [7, 11) is 12.5. The van der Waals surface area contributed by atoms with Crippen LogP contribution < -0.4 is 14.4 Å². The summed E-state index contributed by atoms with van der Waals surface area (Å²) in [6.45, 7) is 23.5. The fourth-order valence-electron chi connectivity index (χ4n) is 7.38. The molecule has 290 valence electrons. The fraction of sp³-hybridized carbons (Fsp3) is 0.349. The summed E-state index contributed by atoms with van der Waals surface area (Å²) >= 11 is -2.62. The van der Waals surface area contributed by atoms with E-state index in [1.807, 2.05) is 27.7 Å². The predicted octanol–water partition coefficient (Wildman–Crippen LogP) is 11.7. The van der Waals surface area contributed by atoms with Crippen molar-refractivity contribution in [3.8, 4) is 11.5 Å². The minimum Gasteiger partial charge on any atom is -0.229 e. The van der Waals surface area contributed by atoms with Gasteiger partial charge in [0.25, 0.3) is 0 Å². The molecule has 54 heavy (non-hydrogen) atoms. The minimum absolute atomic E-state index is 0.0689. The van der Waals surface area contributed by atoms with Crippen LogP contribution in [0.25, 0.3) is 5.57 Å². The van der Waals surface area contributed by atoms with Gasteiger partial charge in [-0.1, -0.05) is 35.4 Å². The van der Waals surface area contributed by atoms with Gasteiger partial charge in [-0.05, 0) is 63.8 Å². The second kappa shape index (κ2) is 16.7. The van der Waals surface area contributed by atoms with Crippen LogP contribution in [0, 0.1) is 71.7 Å². The van der Waals surface area contributed by atoms with Gasteiger partial charge < -0.3 is 0 Å². The van der Waals surface area contributed by atoms with Crippen molar-refractivity contribution >= 4 is 46.8 Å². The molecule has 0 unspecified atom stereocenters. The molecule has 2 aliphatic rings. The Bertz CT molecular complexity index is 2170. The molecule has 0 spiro atoms. The van der Waals surface area contributed by atoms with Crippen LogP contribution in [-0.2, 0) is 13.5 Å². The van der Waals surface area contributed by atoms with Crippen molar-refractivity contribution in [2.45, 2.75) is 88.4 Å². The van der Waals surface area contributed by atoms with Crippen molar-refractivity contribution in [3.05, 3.63) is 121 Å². The van der Waals surface area contributed by atoms with Gasteiger partial charge in [-0.3, -0.25) is 0 Å². The van der Waals surface area contributed by atoms with Crippen LogP contribution >= 0.6 is 19.4 Å². The third-order valence-corrected chi connectivity index (χ3v) is 12.3. The monoisotopic (exact) mass is 871 g/mol. The number of aryl methyl sites for hydroxylation is 6. The van der Waals surface area contributed by atoms with E-state index in [-0.39, 0.29) is 23.3 Å². The Labute approximate surface area is 329 Å². The number of rotatable bonds is 7. The zero-order valence-electron chi connectivity index (χ0n) is 32.5. The third kappa shape index (κ3) is 8.49. The molecule has 11 heteroatoms. The van der Waals surface area contributed by atoms with Crippen LogP contribution in [-0.4, -0.2) is 40.3 Å². The molecule has 0 fully saturated rings. The third-order valence-electron chi connectivity index (χ3n) is 9.20. The second-order valence-corrected chi connectivity index (χ2v) is 20.3. The molecule has 4 aromatic carbocycles. The average Bonchev–Trinajstić information content (AvgIpc) is 3.68. The number of anilines is 1. The quantitative estimate of drug-likeness (QED) is 0.0800. The fourth-order valence-corrected chi connectivity index (χ4v) is 9.85. The van der Waals surface area contributed by atoms with Gasteiger partial charge in [0.15, 0.2) is 0 Å². The maximum absolute atomic E-state index is 14.9. The summed E-state index contributed by atoms with van der Waals surface area (Å²) in [5, 5.41) is 0. The maximum Gasteiger partial charge on any atom is 0.244 e. The Kier molecular flexibility index (Phi) is 12.9. The van der Waals surface area contributed by atoms with E-state index in [1.165, 1.54) is 50.8 Å². The van der Waals surface area contributed by atoms with Crippen molar-refractivity contribution < 1.29 is 45.1 Å². The van der Waals surface area contributed by atoms with Gasteiger partial charge in [0.1, 0.15) is 24.5 Å². The zero-order valence-corrected chi connectivity index (χ0v) is 35.8. The van der Waals surface area contributed by atoms with Crippen molar-refractivity contribution in [2.24, 2.45) is 0 Å². The first-order valence-electron chi connectivity index (χ1n) is 17.8. The molecular weight excluding hydrogens is 824 g/mol. The van der Waals surface area contributed by atoms with E-state index in [9.17, 15) is 17.6 Å². The first-order chi connectivity index (χ1) is 25.3. The number of halogens is 6. The van der Waals surface area contributed by atoms with Crippen LogP contribution in [0.1, 0.15) is 83.3 Å². The average molecular weight is 872 g/mol. The summed E-state index contributed by atoms with van der Waals surface area (Å²) in [5.74, 6) is -5.15. The van der Waals surface area contributed by atoms with Gasteiger partial charge in [0.2, 0.25) is 6.34 Å². The number of hydrogen-bond donors (Lipinski definition) is 0. The molecule has 4 nitrogen and oxygen atoms in total. The minimum atomic E-state index is -2.62. The van der Waals surface area contributed by atoms with E-state index < -0.39 is 47.9 Å².